The summed E-state index contributed by atoms with van der Waals surface area (Å²) in [6.45, 7) is 8.01. The van der Waals surface area contributed by atoms with E-state index in [2.05, 4.69) is 20.8 Å². The molecule has 31 heavy (non-hydrogen) atoms. The lowest BCUT2D eigenvalue weighted by Gasteiger charge is -2.11. The van der Waals surface area contributed by atoms with Crippen molar-refractivity contribution in [1.82, 2.24) is 0 Å². The summed E-state index contributed by atoms with van der Waals surface area (Å²) in [7, 11) is -3.79. The van der Waals surface area contributed by atoms with Gasteiger partial charge in [-0.1, -0.05) is 124 Å². The molecule has 0 bridgehead atoms. The van der Waals surface area contributed by atoms with Crippen LogP contribution in [0.25, 0.3) is 0 Å². The van der Waals surface area contributed by atoms with Crippen LogP contribution < -0.4 is 5.73 Å². The number of hydrogen-bond donors (Lipinski definition) is 2. The van der Waals surface area contributed by atoms with E-state index in [1.165, 1.54) is 70.6 Å². The zero-order chi connectivity index (χ0) is 23.5. The number of unbranched alkanes of at least 4 members (excludes halogenated alkanes) is 16. The predicted octanol–water partition coefficient (Wildman–Crippen LogP) is 8.54. The highest BCUT2D eigenvalue weighted by Gasteiger charge is 2.19. The average Bonchev–Trinajstić information content (AvgIpc) is 2.75. The van der Waals surface area contributed by atoms with Crippen molar-refractivity contribution in [1.29, 1.82) is 0 Å². The van der Waals surface area contributed by atoms with Crippen molar-refractivity contribution in [3.05, 3.63) is 0 Å². The highest BCUT2D eigenvalue weighted by Crippen LogP contribution is 2.43. The second-order valence-corrected chi connectivity index (χ2v) is 10.0. The van der Waals surface area contributed by atoms with Gasteiger partial charge in [-0.05, 0) is 25.8 Å². The Bertz CT molecular complexity index is 339. The smallest absolute Gasteiger partial charge is 0.330 e. The maximum atomic E-state index is 11.4. The molecule has 0 rings (SSSR count). The summed E-state index contributed by atoms with van der Waals surface area (Å²) in [6, 6.07) is 0. The molecule has 0 aliphatic heterocycles. The third kappa shape index (κ3) is 32.3. The molecule has 190 valence electrons. The second kappa shape index (κ2) is 28.1. The summed E-state index contributed by atoms with van der Waals surface area (Å²) < 4.78 is 21.1. The molecule has 0 heterocycles. The maximum Gasteiger partial charge on any atom is 0.472 e. The van der Waals surface area contributed by atoms with Crippen LogP contribution in [0.1, 0.15) is 143 Å². The molecule has 0 fully saturated rings. The second-order valence-electron chi connectivity index (χ2n) is 8.58. The molecule has 0 amide bonds. The summed E-state index contributed by atoms with van der Waals surface area (Å²) in [4.78, 5) is 9.34. The van der Waals surface area contributed by atoms with Crippen molar-refractivity contribution in [2.45, 2.75) is 143 Å². The van der Waals surface area contributed by atoms with Gasteiger partial charge in [-0.25, -0.2) is 4.57 Å². The summed E-state index contributed by atoms with van der Waals surface area (Å²) in [6.07, 6.45) is 23.7. The van der Waals surface area contributed by atoms with E-state index in [9.17, 15) is 9.46 Å². The quantitative estimate of drug-likeness (QED) is 0.117. The Labute approximate surface area is 194 Å². The van der Waals surface area contributed by atoms with Crippen LogP contribution in [0.3, 0.4) is 0 Å². The van der Waals surface area contributed by atoms with Crippen molar-refractivity contribution in [2.75, 3.05) is 19.8 Å². The maximum absolute atomic E-state index is 11.4. The summed E-state index contributed by atoms with van der Waals surface area (Å²) in [5.74, 6) is 0. The van der Waals surface area contributed by atoms with Crippen LogP contribution in [0, 0.1) is 0 Å². The largest absolute Gasteiger partial charge is 0.472 e. The minimum atomic E-state index is -3.79. The van der Waals surface area contributed by atoms with Crippen LogP contribution in [0.5, 0.6) is 0 Å². The van der Waals surface area contributed by atoms with E-state index in [-0.39, 0.29) is 0 Å². The van der Waals surface area contributed by atoms with Gasteiger partial charge in [-0.15, -0.1) is 0 Å². The first-order valence-electron chi connectivity index (χ1n) is 13.4. The van der Waals surface area contributed by atoms with Gasteiger partial charge in [-0.3, -0.25) is 9.05 Å². The monoisotopic (exact) mass is 465 g/mol. The Balaban J connectivity index is 0. The van der Waals surface area contributed by atoms with Crippen LogP contribution >= 0.6 is 7.82 Å². The molecule has 0 saturated heterocycles. The molecule has 0 aromatic heterocycles. The molecular weight excluding hydrogens is 409 g/mol. The van der Waals surface area contributed by atoms with Gasteiger partial charge in [0.05, 0.1) is 13.2 Å². The van der Waals surface area contributed by atoms with Gasteiger partial charge in [0, 0.05) is 0 Å². The molecular formula is C25H56NO4P. The van der Waals surface area contributed by atoms with Gasteiger partial charge in [-0.2, -0.15) is 0 Å². The molecule has 0 radical (unpaired) electrons. The topological polar surface area (TPSA) is 81.8 Å². The van der Waals surface area contributed by atoms with Crippen LogP contribution in [0.2, 0.25) is 0 Å². The van der Waals surface area contributed by atoms with Crippen molar-refractivity contribution < 1.29 is 18.5 Å². The highest BCUT2D eigenvalue weighted by atomic mass is 31.2. The normalized spacial score (nSPS) is 11.4. The zero-order valence-electron chi connectivity index (χ0n) is 21.3. The van der Waals surface area contributed by atoms with Crippen molar-refractivity contribution in [3.8, 4) is 0 Å². The minimum Gasteiger partial charge on any atom is -0.330 e. The van der Waals surface area contributed by atoms with E-state index in [1.807, 2.05) is 0 Å². The fraction of sp³-hybridized carbons (Fsp3) is 1.00. The van der Waals surface area contributed by atoms with E-state index >= 15 is 0 Å². The lowest BCUT2D eigenvalue weighted by molar-refractivity contribution is 0.145. The molecule has 0 saturated carbocycles. The Morgan fingerprint density at radius 3 is 1.16 bits per heavy atom. The first kappa shape index (κ1) is 33.2. The molecule has 0 aliphatic carbocycles. The van der Waals surface area contributed by atoms with Gasteiger partial charge in [0.2, 0.25) is 0 Å². The van der Waals surface area contributed by atoms with E-state index in [4.69, 9.17) is 14.8 Å². The van der Waals surface area contributed by atoms with Crippen molar-refractivity contribution >= 4 is 7.82 Å². The lowest BCUT2D eigenvalue weighted by atomic mass is 10.1. The Kier molecular flexibility index (Phi) is 30.1. The average molecular weight is 466 g/mol. The molecule has 0 atom stereocenters. The Morgan fingerprint density at radius 1 is 0.548 bits per heavy atom. The fourth-order valence-corrected chi connectivity index (χ4v) is 4.06. The van der Waals surface area contributed by atoms with Crippen LogP contribution in [0.15, 0.2) is 0 Å². The first-order valence-corrected chi connectivity index (χ1v) is 14.9. The van der Waals surface area contributed by atoms with Crippen LogP contribution in [-0.2, 0) is 13.6 Å². The summed E-state index contributed by atoms with van der Waals surface area (Å²) in [5.41, 5.74) is 5.44. The summed E-state index contributed by atoms with van der Waals surface area (Å²) >= 11 is 0. The third-order valence-corrected chi connectivity index (χ3v) is 6.33. The van der Waals surface area contributed by atoms with Gasteiger partial charge in [0.1, 0.15) is 0 Å². The van der Waals surface area contributed by atoms with Crippen molar-refractivity contribution in [3.63, 3.8) is 0 Å². The number of phosphoric acid groups is 1. The van der Waals surface area contributed by atoms with Gasteiger partial charge < -0.3 is 10.6 Å². The van der Waals surface area contributed by atoms with Crippen LogP contribution in [-0.4, -0.2) is 24.7 Å². The predicted molar refractivity (Wildman–Crippen MR) is 136 cm³/mol. The lowest BCUT2D eigenvalue weighted by Crippen LogP contribution is -1.99. The number of hydrogen-bond acceptors (Lipinski definition) is 4. The molecule has 6 heteroatoms. The zero-order valence-corrected chi connectivity index (χ0v) is 22.1. The highest BCUT2D eigenvalue weighted by molar-refractivity contribution is 7.47. The van der Waals surface area contributed by atoms with Gasteiger partial charge in [0.25, 0.3) is 0 Å². The molecule has 5 nitrogen and oxygen atoms in total. The molecule has 0 spiro atoms. The molecule has 3 N–H and O–H groups in total. The molecule has 0 aliphatic rings. The Hall–Kier alpha value is 0.0700. The van der Waals surface area contributed by atoms with Gasteiger partial charge >= 0.3 is 7.82 Å². The van der Waals surface area contributed by atoms with Gasteiger partial charge in [0.15, 0.2) is 0 Å². The number of nitrogens with two attached hydrogens (primary N) is 1. The standard InChI is InChI=1S/C13H29N.C12H27O4P/c1-2-3-4-5-6-7-8-9-10-11-12-13-14;1-3-5-7-9-11-15-17(13,14)16-12-10-8-6-4-2/h2-14H2,1H3;3-12H2,1-2H3,(H,13,14). The minimum absolute atomic E-state index is 0.308. The van der Waals surface area contributed by atoms with Crippen molar-refractivity contribution in [2.24, 2.45) is 5.73 Å². The SMILES string of the molecule is CCCCCCCCCCCCCN.CCCCCCOP(=O)(O)OCCCCCC. The number of rotatable bonds is 23. The molecule has 0 aromatic rings. The third-order valence-electron chi connectivity index (χ3n) is 5.31. The van der Waals surface area contributed by atoms with E-state index < -0.39 is 7.82 Å². The number of phosphoric ester groups is 1. The fourth-order valence-electron chi connectivity index (χ4n) is 3.26. The molecule has 0 unspecified atom stereocenters. The first-order chi connectivity index (χ1) is 15.0. The van der Waals surface area contributed by atoms with E-state index in [0.717, 1.165) is 57.9 Å². The Morgan fingerprint density at radius 2 is 0.839 bits per heavy atom. The molecule has 0 aromatic carbocycles. The summed E-state index contributed by atoms with van der Waals surface area (Å²) in [5, 5.41) is 0. The van der Waals surface area contributed by atoms with E-state index in [1.54, 1.807) is 0 Å². The van der Waals surface area contributed by atoms with Crippen LogP contribution in [0.4, 0.5) is 0 Å². The van der Waals surface area contributed by atoms with E-state index in [0.29, 0.717) is 13.2 Å².